The summed E-state index contributed by atoms with van der Waals surface area (Å²) in [7, 11) is 0. The molecule has 2 rings (SSSR count). The van der Waals surface area contributed by atoms with Crippen LogP contribution >= 0.6 is 0 Å². The van der Waals surface area contributed by atoms with Gasteiger partial charge in [-0.2, -0.15) is 0 Å². The first-order valence-electron chi connectivity index (χ1n) is 6.48. The predicted octanol–water partition coefficient (Wildman–Crippen LogP) is 1.48. The van der Waals surface area contributed by atoms with E-state index in [4.69, 9.17) is 4.74 Å². The van der Waals surface area contributed by atoms with Crippen LogP contribution in [0.4, 0.5) is 4.39 Å². The topological polar surface area (TPSA) is 58.6 Å². The molecule has 0 aromatic heterocycles. The number of nitrogens with one attached hydrogen (secondary N) is 1. The van der Waals surface area contributed by atoms with Crippen LogP contribution in [0.2, 0.25) is 0 Å². The van der Waals surface area contributed by atoms with Gasteiger partial charge in [-0.25, -0.2) is 4.39 Å². The van der Waals surface area contributed by atoms with Crippen LogP contribution in [0.3, 0.4) is 0 Å². The zero-order valence-corrected chi connectivity index (χ0v) is 10.6. The van der Waals surface area contributed by atoms with Crippen molar-refractivity contribution in [2.45, 2.75) is 25.4 Å². The molecule has 2 N–H and O–H groups in total. The second kappa shape index (κ2) is 6.52. The van der Waals surface area contributed by atoms with Gasteiger partial charge >= 0.3 is 0 Å². The SMILES string of the molecule is O=C(COc1cccc(F)c1)NCC1CCCC1O. The van der Waals surface area contributed by atoms with Crippen LogP contribution < -0.4 is 10.1 Å². The number of amides is 1. The third-order valence-corrected chi connectivity index (χ3v) is 3.35. The highest BCUT2D eigenvalue weighted by molar-refractivity contribution is 5.77. The standard InChI is InChI=1S/C14H18FNO3/c15-11-4-2-5-12(7-11)19-9-14(18)16-8-10-3-1-6-13(10)17/h2,4-5,7,10,13,17H,1,3,6,8-9H2,(H,16,18). The van der Waals surface area contributed by atoms with Gasteiger partial charge in [0.25, 0.3) is 5.91 Å². The summed E-state index contributed by atoms with van der Waals surface area (Å²) in [5.41, 5.74) is 0. The molecule has 1 aromatic carbocycles. The molecule has 0 radical (unpaired) electrons. The van der Waals surface area contributed by atoms with E-state index in [1.165, 1.54) is 18.2 Å². The molecular weight excluding hydrogens is 249 g/mol. The molecule has 1 saturated carbocycles. The van der Waals surface area contributed by atoms with Crippen molar-refractivity contribution in [3.05, 3.63) is 30.1 Å². The summed E-state index contributed by atoms with van der Waals surface area (Å²) in [6.45, 7) is 0.318. The predicted molar refractivity (Wildman–Crippen MR) is 68.3 cm³/mol. The van der Waals surface area contributed by atoms with Crippen LogP contribution in [0, 0.1) is 11.7 Å². The third-order valence-electron chi connectivity index (χ3n) is 3.35. The number of carbonyl (C=O) groups excluding carboxylic acids is 1. The number of rotatable bonds is 5. The van der Waals surface area contributed by atoms with E-state index in [1.807, 2.05) is 0 Å². The maximum absolute atomic E-state index is 12.9. The van der Waals surface area contributed by atoms with Crippen LogP contribution in [0.15, 0.2) is 24.3 Å². The second-order valence-corrected chi connectivity index (χ2v) is 4.81. The minimum absolute atomic E-state index is 0.137. The molecule has 2 atom stereocenters. The average molecular weight is 267 g/mol. The molecule has 0 heterocycles. The van der Waals surface area contributed by atoms with E-state index in [0.29, 0.717) is 12.3 Å². The molecule has 5 heteroatoms. The van der Waals surface area contributed by atoms with Crippen LogP contribution in [0.1, 0.15) is 19.3 Å². The van der Waals surface area contributed by atoms with Gasteiger partial charge in [0.1, 0.15) is 11.6 Å². The Balaban J connectivity index is 1.70. The van der Waals surface area contributed by atoms with Crippen molar-refractivity contribution in [2.24, 2.45) is 5.92 Å². The number of hydrogen-bond donors (Lipinski definition) is 2. The van der Waals surface area contributed by atoms with Crippen molar-refractivity contribution < 1.29 is 19.0 Å². The van der Waals surface area contributed by atoms with Crippen molar-refractivity contribution in [1.82, 2.24) is 5.32 Å². The van der Waals surface area contributed by atoms with Crippen LogP contribution in [0.25, 0.3) is 0 Å². The second-order valence-electron chi connectivity index (χ2n) is 4.81. The van der Waals surface area contributed by atoms with E-state index in [1.54, 1.807) is 6.07 Å². The van der Waals surface area contributed by atoms with Crippen molar-refractivity contribution in [2.75, 3.05) is 13.2 Å². The lowest BCUT2D eigenvalue weighted by atomic mass is 10.1. The highest BCUT2D eigenvalue weighted by atomic mass is 19.1. The summed E-state index contributed by atoms with van der Waals surface area (Å²) in [6.07, 6.45) is 2.43. The Morgan fingerprint density at radius 2 is 2.32 bits per heavy atom. The van der Waals surface area contributed by atoms with Crippen molar-refractivity contribution >= 4 is 5.91 Å². The summed E-state index contributed by atoms with van der Waals surface area (Å²) in [4.78, 5) is 11.6. The molecule has 2 unspecified atom stereocenters. The Morgan fingerprint density at radius 1 is 1.47 bits per heavy atom. The van der Waals surface area contributed by atoms with Gasteiger partial charge in [-0.15, -0.1) is 0 Å². The molecule has 0 spiro atoms. The minimum Gasteiger partial charge on any atom is -0.484 e. The molecule has 1 fully saturated rings. The molecule has 104 valence electrons. The van der Waals surface area contributed by atoms with E-state index < -0.39 is 5.82 Å². The maximum atomic E-state index is 12.9. The first-order valence-corrected chi connectivity index (χ1v) is 6.48. The van der Waals surface area contributed by atoms with Gasteiger partial charge in [0.2, 0.25) is 0 Å². The fourth-order valence-electron chi connectivity index (χ4n) is 2.26. The van der Waals surface area contributed by atoms with Crippen LogP contribution in [-0.4, -0.2) is 30.3 Å². The van der Waals surface area contributed by atoms with Gasteiger partial charge < -0.3 is 15.2 Å². The third kappa shape index (κ3) is 4.21. The van der Waals surface area contributed by atoms with Gasteiger partial charge in [-0.05, 0) is 25.0 Å². The summed E-state index contributed by atoms with van der Waals surface area (Å²) in [5.74, 6) is -0.190. The van der Waals surface area contributed by atoms with E-state index in [2.05, 4.69) is 5.32 Å². The van der Waals surface area contributed by atoms with E-state index >= 15 is 0 Å². The number of aliphatic hydroxyl groups excluding tert-OH is 1. The largest absolute Gasteiger partial charge is 0.484 e. The van der Waals surface area contributed by atoms with Gasteiger partial charge in [0.05, 0.1) is 6.10 Å². The molecule has 0 bridgehead atoms. The molecule has 0 saturated heterocycles. The van der Waals surface area contributed by atoms with Gasteiger partial charge in [-0.1, -0.05) is 12.5 Å². The van der Waals surface area contributed by atoms with E-state index in [9.17, 15) is 14.3 Å². The molecule has 1 aliphatic carbocycles. The Morgan fingerprint density at radius 3 is 3.00 bits per heavy atom. The summed E-state index contributed by atoms with van der Waals surface area (Å²) < 4.78 is 18.1. The number of benzene rings is 1. The Bertz CT molecular complexity index is 438. The molecule has 19 heavy (non-hydrogen) atoms. The molecule has 1 aliphatic rings. The number of aliphatic hydroxyl groups is 1. The summed E-state index contributed by atoms with van der Waals surface area (Å²) in [6, 6.07) is 5.66. The number of hydrogen-bond acceptors (Lipinski definition) is 3. The van der Waals surface area contributed by atoms with Crippen molar-refractivity contribution in [3.8, 4) is 5.75 Å². The first-order chi connectivity index (χ1) is 9.15. The fraction of sp³-hybridized carbons (Fsp3) is 0.500. The fourth-order valence-corrected chi connectivity index (χ4v) is 2.26. The number of ether oxygens (including phenoxy) is 1. The summed E-state index contributed by atoms with van der Waals surface area (Å²) in [5, 5.41) is 12.3. The van der Waals surface area contributed by atoms with Crippen molar-refractivity contribution in [1.29, 1.82) is 0 Å². The monoisotopic (exact) mass is 267 g/mol. The Kier molecular flexibility index (Phi) is 4.74. The Labute approximate surface area is 111 Å². The molecule has 1 amide bonds. The highest BCUT2D eigenvalue weighted by Gasteiger charge is 2.25. The van der Waals surface area contributed by atoms with E-state index in [0.717, 1.165) is 19.3 Å². The lowest BCUT2D eigenvalue weighted by Gasteiger charge is -2.15. The molecule has 1 aromatic rings. The lowest BCUT2D eigenvalue weighted by Crippen LogP contribution is -2.35. The minimum atomic E-state index is -0.396. The number of halogens is 1. The zero-order valence-electron chi connectivity index (χ0n) is 10.6. The molecular formula is C14H18FNO3. The smallest absolute Gasteiger partial charge is 0.257 e. The molecule has 4 nitrogen and oxygen atoms in total. The molecule has 0 aliphatic heterocycles. The summed E-state index contributed by atoms with van der Waals surface area (Å²) >= 11 is 0. The van der Waals surface area contributed by atoms with Crippen LogP contribution in [0.5, 0.6) is 5.75 Å². The lowest BCUT2D eigenvalue weighted by molar-refractivity contribution is -0.123. The zero-order chi connectivity index (χ0) is 13.7. The average Bonchev–Trinajstić information content (AvgIpc) is 2.80. The van der Waals surface area contributed by atoms with E-state index in [-0.39, 0.29) is 24.5 Å². The van der Waals surface area contributed by atoms with Crippen molar-refractivity contribution in [3.63, 3.8) is 0 Å². The van der Waals surface area contributed by atoms with Gasteiger partial charge in [0, 0.05) is 18.5 Å². The Hall–Kier alpha value is -1.62. The van der Waals surface area contributed by atoms with Gasteiger partial charge in [-0.3, -0.25) is 4.79 Å². The highest BCUT2D eigenvalue weighted by Crippen LogP contribution is 2.24. The quantitative estimate of drug-likeness (QED) is 0.849. The first kappa shape index (κ1) is 13.8. The maximum Gasteiger partial charge on any atom is 0.257 e. The normalized spacial score (nSPS) is 22.2. The number of carbonyl (C=O) groups is 1. The van der Waals surface area contributed by atoms with Gasteiger partial charge in [0.15, 0.2) is 6.61 Å². The van der Waals surface area contributed by atoms with Crippen LogP contribution in [-0.2, 0) is 4.79 Å².